The average Bonchev–Trinajstić information content (AvgIpc) is 3.08. The summed E-state index contributed by atoms with van der Waals surface area (Å²) in [6, 6.07) is 9.85. The molecule has 0 aliphatic carbocycles. The van der Waals surface area contributed by atoms with Gasteiger partial charge in [0.25, 0.3) is 5.91 Å². The molecule has 0 bridgehead atoms. The van der Waals surface area contributed by atoms with Crippen LogP contribution in [0.4, 0.5) is 0 Å². The molecule has 25 heavy (non-hydrogen) atoms. The van der Waals surface area contributed by atoms with Gasteiger partial charge >= 0.3 is 5.69 Å². The van der Waals surface area contributed by atoms with E-state index in [4.69, 9.17) is 0 Å². The number of nitrogens with one attached hydrogen (secondary N) is 1. The highest BCUT2D eigenvalue weighted by atomic mass is 16.2. The normalized spacial score (nSPS) is 10.9. The molecule has 0 atom stereocenters. The Bertz CT molecular complexity index is 981. The second-order valence-corrected chi connectivity index (χ2v) is 6.07. The Morgan fingerprint density at radius 3 is 2.60 bits per heavy atom. The standard InChI is InChI=1S/C17H20N6O2/c1-11-8-12(2)23(19-11)14-7-5-6-13(9-14)10-21(3)16(24)15-18-17(25)22(4)20-15/h5-9H,10H2,1-4H3,(H,18,20,25). The summed E-state index contributed by atoms with van der Waals surface area (Å²) in [4.78, 5) is 27.8. The number of aromatic nitrogens is 5. The van der Waals surface area contributed by atoms with Crippen LogP contribution in [0, 0.1) is 13.8 Å². The third kappa shape index (κ3) is 3.37. The summed E-state index contributed by atoms with van der Waals surface area (Å²) in [6.07, 6.45) is 0. The molecule has 0 unspecified atom stereocenters. The summed E-state index contributed by atoms with van der Waals surface area (Å²) in [6.45, 7) is 4.34. The van der Waals surface area contributed by atoms with Crippen molar-refractivity contribution >= 4 is 5.91 Å². The van der Waals surface area contributed by atoms with Gasteiger partial charge in [0.05, 0.1) is 11.4 Å². The SMILES string of the molecule is Cc1cc(C)n(-c2cccc(CN(C)C(=O)c3nn(C)c(=O)[nH]3)c2)n1. The topological polar surface area (TPSA) is 88.8 Å². The fraction of sp³-hybridized carbons (Fsp3) is 0.294. The van der Waals surface area contributed by atoms with E-state index in [0.29, 0.717) is 6.54 Å². The third-order valence-electron chi connectivity index (χ3n) is 3.90. The van der Waals surface area contributed by atoms with Gasteiger partial charge in [-0.3, -0.25) is 9.78 Å². The van der Waals surface area contributed by atoms with Crippen LogP contribution in [0.5, 0.6) is 0 Å². The Balaban J connectivity index is 1.81. The van der Waals surface area contributed by atoms with E-state index >= 15 is 0 Å². The molecule has 0 spiro atoms. The van der Waals surface area contributed by atoms with Gasteiger partial charge in [-0.2, -0.15) is 5.10 Å². The Morgan fingerprint density at radius 2 is 2.00 bits per heavy atom. The van der Waals surface area contributed by atoms with E-state index in [-0.39, 0.29) is 11.7 Å². The predicted octanol–water partition coefficient (Wildman–Crippen LogP) is 1.18. The van der Waals surface area contributed by atoms with Crippen LogP contribution in [-0.2, 0) is 13.6 Å². The van der Waals surface area contributed by atoms with E-state index in [1.165, 1.54) is 11.9 Å². The summed E-state index contributed by atoms with van der Waals surface area (Å²) < 4.78 is 2.97. The summed E-state index contributed by atoms with van der Waals surface area (Å²) >= 11 is 0. The van der Waals surface area contributed by atoms with Crippen molar-refractivity contribution in [3.63, 3.8) is 0 Å². The summed E-state index contributed by atoms with van der Waals surface area (Å²) in [7, 11) is 3.17. The fourth-order valence-electron chi connectivity index (χ4n) is 2.70. The molecule has 1 amide bonds. The third-order valence-corrected chi connectivity index (χ3v) is 3.90. The van der Waals surface area contributed by atoms with Gasteiger partial charge in [-0.1, -0.05) is 12.1 Å². The Morgan fingerprint density at radius 1 is 1.24 bits per heavy atom. The molecule has 8 heteroatoms. The minimum atomic E-state index is -0.414. The van der Waals surface area contributed by atoms with Gasteiger partial charge in [-0.25, -0.2) is 14.2 Å². The predicted molar refractivity (Wildman–Crippen MR) is 92.7 cm³/mol. The maximum absolute atomic E-state index is 12.4. The van der Waals surface area contributed by atoms with Crippen LogP contribution in [0.2, 0.25) is 0 Å². The van der Waals surface area contributed by atoms with Crippen LogP contribution < -0.4 is 5.69 Å². The molecule has 0 saturated heterocycles. The number of rotatable bonds is 4. The number of hydrogen-bond acceptors (Lipinski definition) is 4. The highest BCUT2D eigenvalue weighted by molar-refractivity contribution is 5.90. The maximum Gasteiger partial charge on any atom is 0.343 e. The van der Waals surface area contributed by atoms with E-state index in [9.17, 15) is 9.59 Å². The first-order chi connectivity index (χ1) is 11.8. The molecule has 0 aliphatic rings. The number of benzene rings is 1. The molecule has 3 rings (SSSR count). The molecule has 2 heterocycles. The zero-order valence-electron chi connectivity index (χ0n) is 14.6. The van der Waals surface area contributed by atoms with Crippen LogP contribution in [-0.4, -0.2) is 42.4 Å². The first-order valence-electron chi connectivity index (χ1n) is 7.86. The molecule has 1 N–H and O–H groups in total. The highest BCUT2D eigenvalue weighted by Crippen LogP contribution is 2.15. The molecule has 0 radical (unpaired) electrons. The minimum absolute atomic E-state index is 0.0321. The lowest BCUT2D eigenvalue weighted by Crippen LogP contribution is -2.27. The van der Waals surface area contributed by atoms with Crippen molar-refractivity contribution in [1.29, 1.82) is 0 Å². The Labute approximate surface area is 144 Å². The molecular weight excluding hydrogens is 320 g/mol. The number of carbonyl (C=O) groups excluding carboxylic acids is 1. The van der Waals surface area contributed by atoms with E-state index in [2.05, 4.69) is 15.2 Å². The number of aryl methyl sites for hydroxylation is 3. The van der Waals surface area contributed by atoms with Crippen molar-refractivity contribution in [2.24, 2.45) is 7.05 Å². The maximum atomic E-state index is 12.4. The lowest BCUT2D eigenvalue weighted by atomic mass is 10.2. The second kappa shape index (κ2) is 6.39. The largest absolute Gasteiger partial charge is 0.343 e. The van der Waals surface area contributed by atoms with Crippen molar-refractivity contribution in [2.45, 2.75) is 20.4 Å². The summed E-state index contributed by atoms with van der Waals surface area (Å²) in [5, 5.41) is 8.38. The van der Waals surface area contributed by atoms with Crippen molar-refractivity contribution in [3.8, 4) is 5.69 Å². The number of amides is 1. The van der Waals surface area contributed by atoms with E-state index in [1.54, 1.807) is 7.05 Å². The molecule has 130 valence electrons. The molecule has 0 aliphatic heterocycles. The minimum Gasteiger partial charge on any atom is -0.335 e. The van der Waals surface area contributed by atoms with Crippen molar-refractivity contribution in [1.82, 2.24) is 29.4 Å². The molecular formula is C17H20N6O2. The lowest BCUT2D eigenvalue weighted by Gasteiger charge is -2.16. The monoisotopic (exact) mass is 340 g/mol. The Kier molecular flexibility index (Phi) is 4.26. The summed E-state index contributed by atoms with van der Waals surface area (Å²) in [5.74, 6) is -0.307. The molecule has 1 aromatic carbocycles. The van der Waals surface area contributed by atoms with E-state index in [0.717, 1.165) is 27.3 Å². The van der Waals surface area contributed by atoms with Crippen LogP contribution in [0.15, 0.2) is 35.1 Å². The van der Waals surface area contributed by atoms with Crippen LogP contribution >= 0.6 is 0 Å². The van der Waals surface area contributed by atoms with Gasteiger partial charge in [-0.15, -0.1) is 5.10 Å². The van der Waals surface area contributed by atoms with Crippen molar-refractivity contribution in [2.75, 3.05) is 7.05 Å². The van der Waals surface area contributed by atoms with Crippen LogP contribution in [0.25, 0.3) is 5.69 Å². The number of carbonyl (C=O) groups is 1. The number of aromatic amines is 1. The van der Waals surface area contributed by atoms with Gasteiger partial charge < -0.3 is 4.90 Å². The van der Waals surface area contributed by atoms with E-state index < -0.39 is 5.69 Å². The molecule has 0 saturated carbocycles. The highest BCUT2D eigenvalue weighted by Gasteiger charge is 2.17. The quantitative estimate of drug-likeness (QED) is 0.772. The first-order valence-corrected chi connectivity index (χ1v) is 7.86. The zero-order chi connectivity index (χ0) is 18.1. The van der Waals surface area contributed by atoms with Gasteiger partial charge in [0.15, 0.2) is 0 Å². The molecule has 8 nitrogen and oxygen atoms in total. The average molecular weight is 340 g/mol. The Hall–Kier alpha value is -3.16. The molecule has 0 fully saturated rings. The van der Waals surface area contributed by atoms with Gasteiger partial charge in [0, 0.05) is 26.3 Å². The van der Waals surface area contributed by atoms with Gasteiger partial charge in [0.2, 0.25) is 5.82 Å². The van der Waals surface area contributed by atoms with Crippen LogP contribution in [0.1, 0.15) is 27.6 Å². The smallest absolute Gasteiger partial charge is 0.335 e. The van der Waals surface area contributed by atoms with Crippen molar-refractivity contribution < 1.29 is 4.79 Å². The lowest BCUT2D eigenvalue weighted by molar-refractivity contribution is 0.0772. The number of H-pyrrole nitrogens is 1. The van der Waals surface area contributed by atoms with Gasteiger partial charge in [0.1, 0.15) is 0 Å². The molecule has 2 aromatic heterocycles. The fourth-order valence-corrected chi connectivity index (χ4v) is 2.70. The van der Waals surface area contributed by atoms with Gasteiger partial charge in [-0.05, 0) is 37.6 Å². The number of nitrogens with zero attached hydrogens (tertiary/aromatic N) is 5. The van der Waals surface area contributed by atoms with Crippen LogP contribution in [0.3, 0.4) is 0 Å². The first kappa shape index (κ1) is 16.7. The van der Waals surface area contributed by atoms with Crippen molar-refractivity contribution in [3.05, 3.63) is 63.6 Å². The summed E-state index contributed by atoms with van der Waals surface area (Å²) in [5.41, 5.74) is 3.48. The van der Waals surface area contributed by atoms with E-state index in [1.807, 2.05) is 48.9 Å². The second-order valence-electron chi connectivity index (χ2n) is 6.07. The number of hydrogen-bond donors (Lipinski definition) is 1. The molecule has 3 aromatic rings. The zero-order valence-corrected chi connectivity index (χ0v) is 14.6.